The lowest BCUT2D eigenvalue weighted by atomic mass is 10.1. The normalized spacial score (nSPS) is 8.07. The fraction of sp³-hybridized carbons (Fsp3) is 0.552. The topological polar surface area (TPSA) is 17.1 Å². The molecule has 0 rings (SSSR count). The number of unbranched alkanes of at least 4 members (excludes halogenated alkanes) is 11. The number of carbonyl (C=O) groups is 1. The number of carbonyl (C=O) groups excluding carboxylic acids is 1. The quantitative estimate of drug-likeness (QED) is 0.271. The van der Waals surface area contributed by atoms with Crippen molar-refractivity contribution in [2.75, 3.05) is 0 Å². The first-order chi connectivity index (χ1) is 14.8. The van der Waals surface area contributed by atoms with Crippen molar-refractivity contribution in [1.82, 2.24) is 0 Å². The highest BCUT2D eigenvalue weighted by Crippen LogP contribution is 2.10. The first-order valence-corrected chi connectivity index (χ1v) is 11.2. The summed E-state index contributed by atoms with van der Waals surface area (Å²) in [6.07, 6.45) is 16.3. The molecule has 0 aliphatic carbocycles. The largest absolute Gasteiger partial charge is 0.300 e. The van der Waals surface area contributed by atoms with E-state index < -0.39 is 0 Å². The van der Waals surface area contributed by atoms with Gasteiger partial charge < -0.3 is 4.79 Å². The molecule has 0 saturated carbocycles. The molecule has 0 amide bonds. The zero-order chi connectivity index (χ0) is 22.0. The van der Waals surface area contributed by atoms with E-state index >= 15 is 0 Å². The first-order valence-electron chi connectivity index (χ1n) is 11.2. The van der Waals surface area contributed by atoms with E-state index in [9.17, 15) is 4.79 Å². The fourth-order valence-corrected chi connectivity index (χ4v) is 2.59. The zero-order valence-electron chi connectivity index (χ0n) is 18.8. The summed E-state index contributed by atoms with van der Waals surface area (Å²) < 4.78 is 0. The van der Waals surface area contributed by atoms with E-state index in [1.807, 2.05) is 0 Å². The van der Waals surface area contributed by atoms with Crippen molar-refractivity contribution in [2.24, 2.45) is 0 Å². The molecule has 0 fully saturated rings. The van der Waals surface area contributed by atoms with Crippen molar-refractivity contribution in [3.8, 4) is 71.0 Å². The van der Waals surface area contributed by atoms with Crippen LogP contribution in [-0.4, -0.2) is 5.78 Å². The van der Waals surface area contributed by atoms with Crippen LogP contribution in [0.25, 0.3) is 0 Å². The molecule has 0 spiro atoms. The molecule has 0 aliphatic rings. The fourth-order valence-electron chi connectivity index (χ4n) is 2.59. The van der Waals surface area contributed by atoms with Gasteiger partial charge in [0.25, 0.3) is 0 Å². The average Bonchev–Trinajstić information content (AvgIpc) is 2.73. The van der Waals surface area contributed by atoms with Gasteiger partial charge in [-0.1, -0.05) is 76.6 Å². The van der Waals surface area contributed by atoms with Crippen LogP contribution in [0.1, 0.15) is 104 Å². The van der Waals surface area contributed by atoms with Gasteiger partial charge in [-0.05, 0) is 79.0 Å². The second kappa shape index (κ2) is 24.1. The third-order valence-electron chi connectivity index (χ3n) is 4.23. The average molecular weight is 399 g/mol. The number of ketones is 1. The van der Waals surface area contributed by atoms with Gasteiger partial charge in [0.2, 0.25) is 0 Å². The highest BCUT2D eigenvalue weighted by molar-refractivity contribution is 5.75. The standard InChI is InChI=1S/C29H34O/c1-3-4-5-6-7-8-9-10-11-12-13-14-15-16-17-18-19-20-21-22-23-24-25-26-27-28-29(2)30/h3-13,26-28H2,1-2H3. The van der Waals surface area contributed by atoms with Crippen molar-refractivity contribution in [1.29, 1.82) is 0 Å². The molecular formula is C29H34O. The Balaban J connectivity index is 3.72. The van der Waals surface area contributed by atoms with Crippen LogP contribution in [-0.2, 0) is 4.79 Å². The van der Waals surface area contributed by atoms with E-state index in [4.69, 9.17) is 0 Å². The minimum atomic E-state index is 0.190. The SMILES string of the molecule is CCCCCCCCCCCCC#CC#CC#CC#CC#CC#CCCCC(C)=O. The number of rotatable bonds is 13. The van der Waals surface area contributed by atoms with Crippen molar-refractivity contribution in [2.45, 2.75) is 104 Å². The van der Waals surface area contributed by atoms with E-state index in [0.29, 0.717) is 12.8 Å². The van der Waals surface area contributed by atoms with E-state index in [1.54, 1.807) is 6.92 Å². The highest BCUT2D eigenvalue weighted by Gasteiger charge is 1.91. The Hall–Kier alpha value is -2.97. The predicted octanol–water partition coefficient (Wildman–Crippen LogP) is 6.08. The molecule has 156 valence electrons. The Bertz CT molecular complexity index is 836. The summed E-state index contributed by atoms with van der Waals surface area (Å²) in [4.78, 5) is 10.7. The summed E-state index contributed by atoms with van der Waals surface area (Å²) in [6.45, 7) is 3.84. The molecule has 0 aliphatic heterocycles. The van der Waals surface area contributed by atoms with Gasteiger partial charge in [-0.2, -0.15) is 0 Å². The summed E-state index contributed by atoms with van der Waals surface area (Å²) in [5, 5.41) is 0. The highest BCUT2D eigenvalue weighted by atomic mass is 16.1. The third kappa shape index (κ3) is 25.0. The summed E-state index contributed by atoms with van der Waals surface area (Å²) in [7, 11) is 0. The maximum atomic E-state index is 10.7. The third-order valence-corrected chi connectivity index (χ3v) is 4.23. The van der Waals surface area contributed by atoms with Crippen LogP contribution in [0, 0.1) is 71.0 Å². The zero-order valence-corrected chi connectivity index (χ0v) is 18.8. The van der Waals surface area contributed by atoms with Gasteiger partial charge in [0.05, 0.1) is 0 Å². The maximum Gasteiger partial charge on any atom is 0.129 e. The molecular weight excluding hydrogens is 364 g/mol. The van der Waals surface area contributed by atoms with Gasteiger partial charge in [0.1, 0.15) is 5.78 Å². The molecule has 0 heterocycles. The molecule has 0 aromatic rings. The monoisotopic (exact) mass is 398 g/mol. The lowest BCUT2D eigenvalue weighted by molar-refractivity contribution is -0.117. The van der Waals surface area contributed by atoms with Crippen LogP contribution >= 0.6 is 0 Å². The molecule has 0 bridgehead atoms. The number of hydrogen-bond donors (Lipinski definition) is 0. The van der Waals surface area contributed by atoms with Gasteiger partial charge in [-0.15, -0.1) is 0 Å². The molecule has 0 aromatic carbocycles. The molecule has 1 heteroatoms. The molecule has 0 saturated heterocycles. The molecule has 0 radical (unpaired) electrons. The van der Waals surface area contributed by atoms with Crippen LogP contribution in [0.5, 0.6) is 0 Å². The van der Waals surface area contributed by atoms with Crippen LogP contribution in [0.15, 0.2) is 0 Å². The number of hydrogen-bond acceptors (Lipinski definition) is 1. The minimum absolute atomic E-state index is 0.190. The van der Waals surface area contributed by atoms with Gasteiger partial charge in [0.15, 0.2) is 0 Å². The van der Waals surface area contributed by atoms with Gasteiger partial charge >= 0.3 is 0 Å². The van der Waals surface area contributed by atoms with Crippen molar-refractivity contribution in [3.05, 3.63) is 0 Å². The van der Waals surface area contributed by atoms with Crippen molar-refractivity contribution in [3.63, 3.8) is 0 Å². The molecule has 0 atom stereocenters. The smallest absolute Gasteiger partial charge is 0.129 e. The van der Waals surface area contributed by atoms with Crippen LogP contribution < -0.4 is 0 Å². The first kappa shape index (κ1) is 27.0. The Morgan fingerprint density at radius 1 is 0.500 bits per heavy atom. The minimum Gasteiger partial charge on any atom is -0.300 e. The molecule has 30 heavy (non-hydrogen) atoms. The summed E-state index contributed by atoms with van der Waals surface area (Å²) in [5.74, 6) is 32.8. The second-order valence-corrected chi connectivity index (χ2v) is 7.09. The van der Waals surface area contributed by atoms with Gasteiger partial charge in [0, 0.05) is 19.3 Å². The maximum absolute atomic E-state index is 10.7. The number of Topliss-reactive ketones (excluding diaryl/α,β-unsaturated/α-hetero) is 1. The summed E-state index contributed by atoms with van der Waals surface area (Å²) >= 11 is 0. The Morgan fingerprint density at radius 3 is 1.30 bits per heavy atom. The summed E-state index contributed by atoms with van der Waals surface area (Å²) in [6, 6.07) is 0. The lowest BCUT2D eigenvalue weighted by Gasteiger charge is -2.00. The van der Waals surface area contributed by atoms with E-state index in [0.717, 1.165) is 19.3 Å². The van der Waals surface area contributed by atoms with E-state index in [1.165, 1.54) is 57.8 Å². The molecule has 0 unspecified atom stereocenters. The predicted molar refractivity (Wildman–Crippen MR) is 128 cm³/mol. The lowest BCUT2D eigenvalue weighted by Crippen LogP contribution is -1.87. The van der Waals surface area contributed by atoms with Crippen LogP contribution in [0.3, 0.4) is 0 Å². The Kier molecular flexibility index (Phi) is 21.7. The van der Waals surface area contributed by atoms with Gasteiger partial charge in [-0.3, -0.25) is 0 Å². The molecule has 0 N–H and O–H groups in total. The van der Waals surface area contributed by atoms with Crippen molar-refractivity contribution >= 4 is 5.78 Å². The Morgan fingerprint density at radius 2 is 0.867 bits per heavy atom. The van der Waals surface area contributed by atoms with Crippen molar-refractivity contribution < 1.29 is 4.79 Å². The van der Waals surface area contributed by atoms with E-state index in [2.05, 4.69) is 78.0 Å². The Labute approximate surface area is 185 Å². The van der Waals surface area contributed by atoms with Gasteiger partial charge in [-0.25, -0.2) is 0 Å². The summed E-state index contributed by atoms with van der Waals surface area (Å²) in [5.41, 5.74) is 0. The van der Waals surface area contributed by atoms with E-state index in [-0.39, 0.29) is 5.78 Å². The van der Waals surface area contributed by atoms with Crippen LogP contribution in [0.4, 0.5) is 0 Å². The second-order valence-electron chi connectivity index (χ2n) is 7.09. The molecule has 1 nitrogen and oxygen atoms in total. The molecule has 0 aromatic heterocycles. The van der Waals surface area contributed by atoms with Crippen LogP contribution in [0.2, 0.25) is 0 Å².